The summed E-state index contributed by atoms with van der Waals surface area (Å²) in [6.07, 6.45) is -0.0650. The minimum atomic E-state index is -4.07. The topological polar surface area (TPSA) is 21.3 Å². The molecule has 3 aliphatic rings. The molecule has 0 unspecified atom stereocenters. The lowest BCUT2D eigenvalue weighted by molar-refractivity contribution is -0.183. The molecule has 1 spiro atoms. The van der Waals surface area contributed by atoms with E-state index >= 15 is 0 Å². The molecule has 1 N–H and O–H groups in total. The highest BCUT2D eigenvalue weighted by Crippen LogP contribution is 2.62. The van der Waals surface area contributed by atoms with E-state index in [1.807, 2.05) is 0 Å². The van der Waals surface area contributed by atoms with Crippen LogP contribution in [0, 0.1) is 11.3 Å². The zero-order valence-electron chi connectivity index (χ0n) is 10.6. The number of rotatable bonds is 3. The summed E-state index contributed by atoms with van der Waals surface area (Å²) in [6.45, 7) is 2.42. The van der Waals surface area contributed by atoms with E-state index in [0.717, 1.165) is 25.9 Å². The van der Waals surface area contributed by atoms with Gasteiger partial charge in [0.2, 0.25) is 0 Å². The predicted octanol–water partition coefficient (Wildman–Crippen LogP) is 2.87. The Bertz CT molecular complexity index is 327. The molecule has 18 heavy (non-hydrogen) atoms. The summed E-state index contributed by atoms with van der Waals surface area (Å²) in [4.78, 5) is 0. The summed E-state index contributed by atoms with van der Waals surface area (Å²) in [6, 6.07) is -0.245. The largest absolute Gasteiger partial charge is 0.390 e. The highest BCUT2D eigenvalue weighted by molar-refractivity contribution is 5.18. The van der Waals surface area contributed by atoms with Crippen LogP contribution in [-0.2, 0) is 4.74 Å². The molecule has 0 bridgehead atoms. The molecule has 1 heterocycles. The number of nitrogens with one attached hydrogen (secondary N) is 1. The van der Waals surface area contributed by atoms with Crippen molar-refractivity contribution in [3.8, 4) is 0 Å². The molecule has 2 saturated carbocycles. The van der Waals surface area contributed by atoms with E-state index in [2.05, 4.69) is 5.32 Å². The predicted molar refractivity (Wildman–Crippen MR) is 61.2 cm³/mol. The van der Waals surface area contributed by atoms with Gasteiger partial charge >= 0.3 is 6.18 Å². The van der Waals surface area contributed by atoms with Crippen molar-refractivity contribution in [1.29, 1.82) is 0 Å². The summed E-state index contributed by atoms with van der Waals surface area (Å²) in [5, 5.41) is 3.24. The highest BCUT2D eigenvalue weighted by atomic mass is 19.4. The molecule has 1 aliphatic heterocycles. The molecule has 3 rings (SSSR count). The Morgan fingerprint density at radius 1 is 1.39 bits per heavy atom. The number of hydrogen-bond donors (Lipinski definition) is 1. The molecule has 3 fully saturated rings. The van der Waals surface area contributed by atoms with Gasteiger partial charge in [-0.15, -0.1) is 0 Å². The average molecular weight is 263 g/mol. The van der Waals surface area contributed by atoms with Gasteiger partial charge in [0, 0.05) is 30.0 Å². The first-order valence-electron chi connectivity index (χ1n) is 6.87. The van der Waals surface area contributed by atoms with Crippen LogP contribution in [0.4, 0.5) is 13.2 Å². The van der Waals surface area contributed by atoms with Gasteiger partial charge in [0.25, 0.3) is 0 Å². The molecule has 2 nitrogen and oxygen atoms in total. The Hall–Kier alpha value is -0.290. The molecule has 1 saturated heterocycles. The van der Waals surface area contributed by atoms with Crippen molar-refractivity contribution >= 4 is 0 Å². The fourth-order valence-corrected chi connectivity index (χ4v) is 4.21. The second-order valence-electron chi connectivity index (χ2n) is 6.20. The van der Waals surface area contributed by atoms with Crippen molar-refractivity contribution in [2.75, 3.05) is 6.61 Å². The Morgan fingerprint density at radius 2 is 2.11 bits per heavy atom. The van der Waals surface area contributed by atoms with Crippen molar-refractivity contribution in [2.45, 2.75) is 63.4 Å². The Labute approximate surface area is 105 Å². The smallest absolute Gasteiger partial charge is 0.377 e. The minimum Gasteiger partial charge on any atom is -0.377 e. The molecule has 5 heteroatoms. The molecule has 0 amide bonds. The first-order valence-corrected chi connectivity index (χ1v) is 6.87. The second-order valence-corrected chi connectivity index (χ2v) is 6.20. The van der Waals surface area contributed by atoms with Crippen LogP contribution in [0.1, 0.15) is 39.0 Å². The van der Waals surface area contributed by atoms with E-state index < -0.39 is 18.6 Å². The molecule has 104 valence electrons. The molecule has 0 aromatic rings. The quantitative estimate of drug-likeness (QED) is 0.845. The fourth-order valence-electron chi connectivity index (χ4n) is 4.21. The number of alkyl halides is 3. The summed E-state index contributed by atoms with van der Waals surface area (Å²) >= 11 is 0. The first kappa shape index (κ1) is 12.7. The van der Waals surface area contributed by atoms with Gasteiger partial charge in [-0.05, 0) is 26.2 Å². The number of fused-ring (bicyclic) bond motifs is 2. The fraction of sp³-hybridized carbons (Fsp3) is 1.00. The summed E-state index contributed by atoms with van der Waals surface area (Å²) in [5.74, 6) is 0.445. The van der Waals surface area contributed by atoms with Crippen molar-refractivity contribution < 1.29 is 17.9 Å². The van der Waals surface area contributed by atoms with Crippen LogP contribution in [-0.4, -0.2) is 31.0 Å². The van der Waals surface area contributed by atoms with Gasteiger partial charge in [0.05, 0.1) is 12.5 Å². The van der Waals surface area contributed by atoms with Crippen molar-refractivity contribution in [3.05, 3.63) is 0 Å². The Balaban J connectivity index is 1.62. The van der Waals surface area contributed by atoms with E-state index in [1.165, 1.54) is 6.42 Å². The molecular weight excluding hydrogens is 243 g/mol. The van der Waals surface area contributed by atoms with E-state index in [0.29, 0.717) is 12.0 Å². The molecule has 0 aromatic heterocycles. The van der Waals surface area contributed by atoms with Crippen LogP contribution in [0.2, 0.25) is 0 Å². The molecule has 0 aromatic carbocycles. The van der Waals surface area contributed by atoms with E-state index in [4.69, 9.17) is 4.74 Å². The van der Waals surface area contributed by atoms with Gasteiger partial charge in [0.15, 0.2) is 0 Å². The van der Waals surface area contributed by atoms with E-state index in [9.17, 15) is 13.2 Å². The summed E-state index contributed by atoms with van der Waals surface area (Å²) in [5.41, 5.74) is 0.168. The first-order chi connectivity index (χ1) is 8.42. The Morgan fingerprint density at radius 3 is 2.67 bits per heavy atom. The molecule has 4 atom stereocenters. The van der Waals surface area contributed by atoms with Crippen molar-refractivity contribution in [2.24, 2.45) is 11.3 Å². The van der Waals surface area contributed by atoms with Crippen LogP contribution in [0.5, 0.6) is 0 Å². The summed E-state index contributed by atoms with van der Waals surface area (Å²) < 4.78 is 42.9. The van der Waals surface area contributed by atoms with Gasteiger partial charge in [-0.3, -0.25) is 0 Å². The number of halogens is 3. The van der Waals surface area contributed by atoms with Crippen LogP contribution < -0.4 is 5.32 Å². The molecule has 0 radical (unpaired) electrons. The van der Waals surface area contributed by atoms with Gasteiger partial charge in [-0.2, -0.15) is 13.2 Å². The normalized spacial score (nSPS) is 39.0. The minimum absolute atomic E-state index is 0.168. The van der Waals surface area contributed by atoms with Crippen LogP contribution in [0.25, 0.3) is 0 Å². The van der Waals surface area contributed by atoms with Gasteiger partial charge in [-0.25, -0.2) is 0 Å². The van der Waals surface area contributed by atoms with Crippen LogP contribution >= 0.6 is 0 Å². The lowest BCUT2D eigenvalue weighted by Gasteiger charge is -2.64. The lowest BCUT2D eigenvalue weighted by Crippen LogP contribution is -2.72. The third kappa shape index (κ3) is 1.86. The maximum atomic E-state index is 12.4. The maximum Gasteiger partial charge on any atom is 0.390 e. The third-order valence-corrected chi connectivity index (χ3v) is 5.04. The van der Waals surface area contributed by atoms with Crippen LogP contribution in [0.15, 0.2) is 0 Å². The summed E-state index contributed by atoms with van der Waals surface area (Å²) in [7, 11) is 0. The van der Waals surface area contributed by atoms with E-state index in [-0.39, 0.29) is 11.5 Å². The van der Waals surface area contributed by atoms with Gasteiger partial charge in [0.1, 0.15) is 0 Å². The molecular formula is C13H20F3NO. The molecule has 2 aliphatic carbocycles. The zero-order chi connectivity index (χ0) is 13.0. The number of ether oxygens (including phenoxy) is 1. The SMILES string of the molecule is C[C@H](CC(F)(F)F)N[C@@H]1[C@H]2CCO[C@@H]2C12CCC2. The zero-order valence-corrected chi connectivity index (χ0v) is 10.6. The monoisotopic (exact) mass is 263 g/mol. The van der Waals surface area contributed by atoms with Gasteiger partial charge < -0.3 is 10.1 Å². The van der Waals surface area contributed by atoms with Gasteiger partial charge in [-0.1, -0.05) is 6.42 Å². The van der Waals surface area contributed by atoms with Crippen molar-refractivity contribution in [3.63, 3.8) is 0 Å². The highest BCUT2D eigenvalue weighted by Gasteiger charge is 2.66. The van der Waals surface area contributed by atoms with Crippen molar-refractivity contribution in [1.82, 2.24) is 5.32 Å². The Kier molecular flexibility index (Phi) is 2.90. The van der Waals surface area contributed by atoms with Crippen LogP contribution in [0.3, 0.4) is 0 Å². The average Bonchev–Trinajstić information content (AvgIpc) is 2.54. The number of hydrogen-bond acceptors (Lipinski definition) is 2. The third-order valence-electron chi connectivity index (χ3n) is 5.04. The standard InChI is InChI=1S/C13H20F3NO/c1-8(7-13(14,15)16)17-10-9-3-6-18-11(9)12(10)4-2-5-12/h8-11,17H,2-7H2,1H3/t8-,9-,10-,11+/m1/s1. The van der Waals surface area contributed by atoms with E-state index in [1.54, 1.807) is 6.92 Å². The maximum absolute atomic E-state index is 12.4. The second kappa shape index (κ2) is 4.10. The lowest BCUT2D eigenvalue weighted by atomic mass is 9.46.